The van der Waals surface area contributed by atoms with E-state index in [1.807, 2.05) is 19.1 Å². The molecule has 0 saturated heterocycles. The van der Waals surface area contributed by atoms with Gasteiger partial charge >= 0.3 is 0 Å². The van der Waals surface area contributed by atoms with Crippen molar-refractivity contribution in [1.82, 2.24) is 25.3 Å². The van der Waals surface area contributed by atoms with Gasteiger partial charge in [-0.1, -0.05) is 13.8 Å². The molecule has 0 fully saturated rings. The minimum Gasteiger partial charge on any atom is -0.380 e. The predicted octanol–water partition coefficient (Wildman–Crippen LogP) is 0.992. The first-order valence-electron chi connectivity index (χ1n) is 6.10. The van der Waals surface area contributed by atoms with Gasteiger partial charge in [-0.3, -0.25) is 0 Å². The standard InChI is InChI=1S/C11H18N6O/c1-4-18-7-9(8(2)3)12-10-5-6-11-13-15-16-17(11)14-10/h5-6,8-9H,4,7H2,1-3H3,(H,12,14). The SMILES string of the molecule is CCOCC(Nc1ccc2nnnn2n1)C(C)C. The zero-order valence-corrected chi connectivity index (χ0v) is 10.9. The zero-order valence-electron chi connectivity index (χ0n) is 10.9. The molecule has 0 amide bonds. The van der Waals surface area contributed by atoms with Crippen molar-refractivity contribution in [3.8, 4) is 0 Å². The summed E-state index contributed by atoms with van der Waals surface area (Å²) >= 11 is 0. The Hall–Kier alpha value is -1.76. The Labute approximate surface area is 106 Å². The Kier molecular flexibility index (Phi) is 4.03. The van der Waals surface area contributed by atoms with Gasteiger partial charge in [0.25, 0.3) is 0 Å². The van der Waals surface area contributed by atoms with Crippen molar-refractivity contribution in [3.63, 3.8) is 0 Å². The van der Waals surface area contributed by atoms with Crippen LogP contribution in [-0.4, -0.2) is 44.5 Å². The number of fused-ring (bicyclic) bond motifs is 1. The fraction of sp³-hybridized carbons (Fsp3) is 0.636. The number of hydrogen-bond acceptors (Lipinski definition) is 6. The van der Waals surface area contributed by atoms with Crippen molar-refractivity contribution < 1.29 is 4.74 Å². The molecule has 18 heavy (non-hydrogen) atoms. The van der Waals surface area contributed by atoms with Crippen LogP contribution in [0.25, 0.3) is 5.65 Å². The molecule has 1 atom stereocenters. The summed E-state index contributed by atoms with van der Waals surface area (Å²) in [6.45, 7) is 7.65. The Morgan fingerprint density at radius 3 is 2.94 bits per heavy atom. The molecule has 0 aromatic carbocycles. The largest absolute Gasteiger partial charge is 0.380 e. The van der Waals surface area contributed by atoms with E-state index >= 15 is 0 Å². The van der Waals surface area contributed by atoms with Crippen molar-refractivity contribution in [2.24, 2.45) is 5.92 Å². The third-order valence-corrected chi connectivity index (χ3v) is 2.71. The van der Waals surface area contributed by atoms with Crippen molar-refractivity contribution in [3.05, 3.63) is 12.1 Å². The quantitative estimate of drug-likeness (QED) is 0.824. The summed E-state index contributed by atoms with van der Waals surface area (Å²) in [6, 6.07) is 3.91. The lowest BCUT2D eigenvalue weighted by Gasteiger charge is -2.22. The monoisotopic (exact) mass is 250 g/mol. The molecule has 0 spiro atoms. The van der Waals surface area contributed by atoms with E-state index in [1.165, 1.54) is 4.63 Å². The van der Waals surface area contributed by atoms with Crippen LogP contribution in [0.2, 0.25) is 0 Å². The van der Waals surface area contributed by atoms with Gasteiger partial charge in [-0.05, 0) is 35.4 Å². The lowest BCUT2D eigenvalue weighted by atomic mass is 10.1. The molecule has 2 heterocycles. The van der Waals surface area contributed by atoms with Gasteiger partial charge in [0, 0.05) is 6.61 Å². The molecule has 7 heteroatoms. The normalized spacial score (nSPS) is 13.1. The first-order chi connectivity index (χ1) is 8.70. The molecule has 0 radical (unpaired) electrons. The van der Waals surface area contributed by atoms with Gasteiger partial charge in [0.1, 0.15) is 5.82 Å². The Bertz CT molecular complexity index is 497. The van der Waals surface area contributed by atoms with Crippen LogP contribution in [-0.2, 0) is 4.74 Å². The van der Waals surface area contributed by atoms with E-state index < -0.39 is 0 Å². The molecule has 2 aromatic rings. The van der Waals surface area contributed by atoms with Crippen LogP contribution in [0.5, 0.6) is 0 Å². The minimum absolute atomic E-state index is 0.214. The van der Waals surface area contributed by atoms with Crippen LogP contribution in [0.3, 0.4) is 0 Å². The van der Waals surface area contributed by atoms with Crippen molar-refractivity contribution in [2.75, 3.05) is 18.5 Å². The minimum atomic E-state index is 0.214. The van der Waals surface area contributed by atoms with Crippen molar-refractivity contribution in [2.45, 2.75) is 26.8 Å². The predicted molar refractivity (Wildman–Crippen MR) is 67.3 cm³/mol. The van der Waals surface area contributed by atoms with Crippen molar-refractivity contribution >= 4 is 11.5 Å². The van der Waals surface area contributed by atoms with Gasteiger partial charge in [0.2, 0.25) is 0 Å². The molecule has 2 rings (SSSR count). The van der Waals surface area contributed by atoms with E-state index in [9.17, 15) is 0 Å². The molecule has 2 aromatic heterocycles. The lowest BCUT2D eigenvalue weighted by Crippen LogP contribution is -2.31. The fourth-order valence-electron chi connectivity index (χ4n) is 1.56. The molecular weight excluding hydrogens is 232 g/mol. The van der Waals surface area contributed by atoms with Gasteiger partial charge in [0.15, 0.2) is 5.65 Å². The summed E-state index contributed by atoms with van der Waals surface area (Å²) in [4.78, 5) is 0. The maximum atomic E-state index is 5.46. The Morgan fingerprint density at radius 1 is 1.39 bits per heavy atom. The topological polar surface area (TPSA) is 77.2 Å². The summed E-state index contributed by atoms with van der Waals surface area (Å²) in [5, 5.41) is 18.8. The highest BCUT2D eigenvalue weighted by molar-refractivity contribution is 5.42. The highest BCUT2D eigenvalue weighted by atomic mass is 16.5. The maximum Gasteiger partial charge on any atom is 0.200 e. The second-order valence-corrected chi connectivity index (χ2v) is 4.40. The van der Waals surface area contributed by atoms with E-state index in [2.05, 4.69) is 39.8 Å². The molecule has 0 bridgehead atoms. The second kappa shape index (κ2) is 5.72. The third-order valence-electron chi connectivity index (χ3n) is 2.71. The van der Waals surface area contributed by atoms with Gasteiger partial charge in [0.05, 0.1) is 12.6 Å². The molecule has 0 aliphatic heterocycles. The van der Waals surface area contributed by atoms with Crippen LogP contribution >= 0.6 is 0 Å². The number of nitrogens with one attached hydrogen (secondary N) is 1. The molecular formula is C11H18N6O. The highest BCUT2D eigenvalue weighted by Crippen LogP contribution is 2.11. The number of hydrogen-bond donors (Lipinski definition) is 1. The van der Waals surface area contributed by atoms with Gasteiger partial charge in [-0.15, -0.1) is 14.8 Å². The van der Waals surface area contributed by atoms with Crippen LogP contribution < -0.4 is 5.32 Å². The van der Waals surface area contributed by atoms with E-state index in [0.717, 1.165) is 5.82 Å². The third kappa shape index (κ3) is 2.92. The Balaban J connectivity index is 2.09. The van der Waals surface area contributed by atoms with Crippen molar-refractivity contribution in [1.29, 1.82) is 0 Å². The first-order valence-corrected chi connectivity index (χ1v) is 6.10. The first kappa shape index (κ1) is 12.7. The van der Waals surface area contributed by atoms with E-state index in [0.29, 0.717) is 24.8 Å². The number of ether oxygens (including phenoxy) is 1. The maximum absolute atomic E-state index is 5.46. The average Bonchev–Trinajstić information content (AvgIpc) is 2.81. The molecule has 7 nitrogen and oxygen atoms in total. The molecule has 1 N–H and O–H groups in total. The summed E-state index contributed by atoms with van der Waals surface area (Å²) in [6.07, 6.45) is 0. The summed E-state index contributed by atoms with van der Waals surface area (Å²) in [5.74, 6) is 1.19. The van der Waals surface area contributed by atoms with E-state index in [4.69, 9.17) is 4.74 Å². The van der Waals surface area contributed by atoms with Gasteiger partial charge < -0.3 is 10.1 Å². The van der Waals surface area contributed by atoms with Crippen LogP contribution in [0.15, 0.2) is 12.1 Å². The smallest absolute Gasteiger partial charge is 0.200 e. The second-order valence-electron chi connectivity index (χ2n) is 4.40. The highest BCUT2D eigenvalue weighted by Gasteiger charge is 2.14. The number of anilines is 1. The molecule has 98 valence electrons. The van der Waals surface area contributed by atoms with Gasteiger partial charge in [-0.25, -0.2) is 0 Å². The Morgan fingerprint density at radius 2 is 2.22 bits per heavy atom. The summed E-state index contributed by atoms with van der Waals surface area (Å²) in [7, 11) is 0. The number of nitrogens with zero attached hydrogens (tertiary/aromatic N) is 5. The summed E-state index contributed by atoms with van der Waals surface area (Å²) in [5.41, 5.74) is 0.631. The molecule has 0 saturated carbocycles. The van der Waals surface area contributed by atoms with Crippen LogP contribution in [0.4, 0.5) is 5.82 Å². The average molecular weight is 250 g/mol. The zero-order chi connectivity index (χ0) is 13.0. The molecule has 0 aliphatic rings. The number of aromatic nitrogens is 5. The van der Waals surface area contributed by atoms with Gasteiger partial charge in [-0.2, -0.15) is 0 Å². The lowest BCUT2D eigenvalue weighted by molar-refractivity contribution is 0.126. The van der Waals surface area contributed by atoms with E-state index in [1.54, 1.807) is 0 Å². The number of tetrazole rings is 1. The molecule has 1 unspecified atom stereocenters. The van der Waals surface area contributed by atoms with Crippen LogP contribution in [0, 0.1) is 5.92 Å². The molecule has 0 aliphatic carbocycles. The number of rotatable bonds is 6. The fourth-order valence-corrected chi connectivity index (χ4v) is 1.56. The van der Waals surface area contributed by atoms with E-state index in [-0.39, 0.29) is 6.04 Å². The summed E-state index contributed by atoms with van der Waals surface area (Å²) < 4.78 is 6.87. The van der Waals surface area contributed by atoms with Crippen LogP contribution in [0.1, 0.15) is 20.8 Å².